The van der Waals surface area contributed by atoms with Crippen LogP contribution in [0.25, 0.3) is 0 Å². The molecule has 1 aromatic rings. The van der Waals surface area contributed by atoms with Crippen LogP contribution in [-0.4, -0.2) is 46.4 Å². The molecule has 7 heteroatoms. The molecular weight excluding hydrogens is 248 g/mol. The number of hydrogen-bond acceptors (Lipinski definition) is 4. The van der Waals surface area contributed by atoms with Crippen molar-refractivity contribution in [2.45, 2.75) is 26.8 Å². The van der Waals surface area contributed by atoms with Crippen LogP contribution in [0.5, 0.6) is 0 Å². The van der Waals surface area contributed by atoms with Crippen LogP contribution >= 0.6 is 0 Å². The SMILES string of the molecule is CCn1nc(C)cc1C(=O)NCC(=O)NCCCO. The number of nitrogens with zero attached hydrogens (tertiary/aromatic N) is 2. The molecule has 106 valence electrons. The Balaban J connectivity index is 2.44. The minimum Gasteiger partial charge on any atom is -0.396 e. The van der Waals surface area contributed by atoms with Gasteiger partial charge < -0.3 is 15.7 Å². The second-order valence-electron chi connectivity index (χ2n) is 4.10. The molecule has 0 fully saturated rings. The van der Waals surface area contributed by atoms with Gasteiger partial charge in [0.25, 0.3) is 5.91 Å². The number of aliphatic hydroxyl groups is 1. The molecule has 19 heavy (non-hydrogen) atoms. The van der Waals surface area contributed by atoms with Crippen molar-refractivity contribution < 1.29 is 14.7 Å². The van der Waals surface area contributed by atoms with E-state index in [9.17, 15) is 9.59 Å². The first kappa shape index (κ1) is 15.2. The normalized spacial score (nSPS) is 10.3. The Bertz CT molecular complexity index is 442. The van der Waals surface area contributed by atoms with Gasteiger partial charge in [-0.25, -0.2) is 0 Å². The lowest BCUT2D eigenvalue weighted by atomic mass is 10.3. The average Bonchev–Trinajstić information content (AvgIpc) is 2.77. The minimum absolute atomic E-state index is 0.0294. The maximum absolute atomic E-state index is 11.9. The predicted octanol–water partition coefficient (Wildman–Crippen LogP) is -0.560. The van der Waals surface area contributed by atoms with Crippen LogP contribution in [0, 0.1) is 6.92 Å². The standard InChI is InChI=1S/C12H20N4O3/c1-3-16-10(7-9(2)15-16)12(19)14-8-11(18)13-5-4-6-17/h7,17H,3-6,8H2,1-2H3,(H,13,18)(H,14,19). The molecule has 0 saturated carbocycles. The fraction of sp³-hybridized carbons (Fsp3) is 0.583. The molecule has 0 saturated heterocycles. The van der Waals surface area contributed by atoms with Gasteiger partial charge in [-0.15, -0.1) is 0 Å². The number of amides is 2. The highest BCUT2D eigenvalue weighted by molar-refractivity contribution is 5.95. The second kappa shape index (κ2) is 7.52. The maximum atomic E-state index is 11.9. The summed E-state index contributed by atoms with van der Waals surface area (Å²) in [5, 5.41) is 17.9. The Morgan fingerprint density at radius 1 is 1.42 bits per heavy atom. The Morgan fingerprint density at radius 2 is 2.16 bits per heavy atom. The zero-order valence-corrected chi connectivity index (χ0v) is 11.3. The fourth-order valence-corrected chi connectivity index (χ4v) is 1.59. The van der Waals surface area contributed by atoms with Crippen molar-refractivity contribution in [2.75, 3.05) is 19.7 Å². The zero-order valence-electron chi connectivity index (χ0n) is 11.3. The third kappa shape index (κ3) is 4.70. The molecule has 0 spiro atoms. The highest BCUT2D eigenvalue weighted by Crippen LogP contribution is 2.03. The summed E-state index contributed by atoms with van der Waals surface area (Å²) in [6, 6.07) is 1.68. The molecule has 0 bridgehead atoms. The molecule has 0 unspecified atom stereocenters. The molecule has 0 aliphatic carbocycles. The largest absolute Gasteiger partial charge is 0.396 e. The summed E-state index contributed by atoms with van der Waals surface area (Å²) < 4.78 is 1.59. The molecule has 1 heterocycles. The van der Waals surface area contributed by atoms with E-state index in [0.717, 1.165) is 5.69 Å². The van der Waals surface area contributed by atoms with Crippen molar-refractivity contribution in [3.05, 3.63) is 17.5 Å². The van der Waals surface area contributed by atoms with Gasteiger partial charge >= 0.3 is 0 Å². The first-order valence-corrected chi connectivity index (χ1v) is 6.28. The van der Waals surface area contributed by atoms with Crippen LogP contribution in [0.2, 0.25) is 0 Å². The molecule has 0 radical (unpaired) electrons. The van der Waals surface area contributed by atoms with Crippen molar-refractivity contribution in [1.82, 2.24) is 20.4 Å². The molecule has 2 amide bonds. The fourth-order valence-electron chi connectivity index (χ4n) is 1.59. The molecule has 0 atom stereocenters. The van der Waals surface area contributed by atoms with E-state index in [1.807, 2.05) is 13.8 Å². The van der Waals surface area contributed by atoms with Crippen molar-refractivity contribution in [3.8, 4) is 0 Å². The number of aromatic nitrogens is 2. The van der Waals surface area contributed by atoms with Crippen molar-refractivity contribution in [2.24, 2.45) is 0 Å². The summed E-state index contributed by atoms with van der Waals surface area (Å²) in [4.78, 5) is 23.3. The van der Waals surface area contributed by atoms with E-state index in [1.165, 1.54) is 0 Å². The minimum atomic E-state index is -0.320. The third-order valence-corrected chi connectivity index (χ3v) is 2.50. The lowest BCUT2D eigenvalue weighted by Gasteiger charge is -2.07. The monoisotopic (exact) mass is 268 g/mol. The number of hydrogen-bond donors (Lipinski definition) is 3. The average molecular weight is 268 g/mol. The smallest absolute Gasteiger partial charge is 0.269 e. The molecule has 0 aliphatic heterocycles. The number of aryl methyl sites for hydroxylation is 2. The van der Waals surface area contributed by atoms with Gasteiger partial charge in [0.2, 0.25) is 5.91 Å². The number of rotatable bonds is 7. The van der Waals surface area contributed by atoms with Gasteiger partial charge in [0, 0.05) is 19.7 Å². The lowest BCUT2D eigenvalue weighted by Crippen LogP contribution is -2.38. The van der Waals surface area contributed by atoms with Crippen LogP contribution in [0.1, 0.15) is 29.5 Å². The van der Waals surface area contributed by atoms with Gasteiger partial charge in [-0.3, -0.25) is 14.3 Å². The lowest BCUT2D eigenvalue weighted by molar-refractivity contribution is -0.120. The molecule has 1 rings (SSSR count). The number of carbonyl (C=O) groups is 2. The predicted molar refractivity (Wildman–Crippen MR) is 69.7 cm³/mol. The first-order valence-electron chi connectivity index (χ1n) is 6.28. The summed E-state index contributed by atoms with van der Waals surface area (Å²) in [7, 11) is 0. The van der Waals surface area contributed by atoms with Crippen LogP contribution < -0.4 is 10.6 Å². The van der Waals surface area contributed by atoms with Gasteiger partial charge in [0.15, 0.2) is 0 Å². The van der Waals surface area contributed by atoms with E-state index in [1.54, 1.807) is 10.7 Å². The Hall–Kier alpha value is -1.89. The summed E-state index contributed by atoms with van der Waals surface area (Å²) >= 11 is 0. The van der Waals surface area contributed by atoms with Crippen LogP contribution in [0.3, 0.4) is 0 Å². The number of carbonyl (C=O) groups excluding carboxylic acids is 2. The Kier molecular flexibility index (Phi) is 6.01. The summed E-state index contributed by atoms with van der Waals surface area (Å²) in [5.41, 5.74) is 1.21. The molecule has 1 aromatic heterocycles. The van der Waals surface area contributed by atoms with Crippen molar-refractivity contribution in [1.29, 1.82) is 0 Å². The van der Waals surface area contributed by atoms with Gasteiger partial charge in [-0.05, 0) is 26.3 Å². The summed E-state index contributed by atoms with van der Waals surface area (Å²) in [6.45, 7) is 4.64. The van der Waals surface area contributed by atoms with Crippen LogP contribution in [-0.2, 0) is 11.3 Å². The maximum Gasteiger partial charge on any atom is 0.269 e. The number of nitrogens with one attached hydrogen (secondary N) is 2. The quantitative estimate of drug-likeness (QED) is 0.578. The van der Waals surface area contributed by atoms with E-state index >= 15 is 0 Å². The van der Waals surface area contributed by atoms with Gasteiger partial charge in [0.05, 0.1) is 12.2 Å². The van der Waals surface area contributed by atoms with Crippen LogP contribution in [0.4, 0.5) is 0 Å². The van der Waals surface area contributed by atoms with Crippen LogP contribution in [0.15, 0.2) is 6.07 Å². The van der Waals surface area contributed by atoms with E-state index in [0.29, 0.717) is 25.2 Å². The second-order valence-corrected chi connectivity index (χ2v) is 4.10. The van der Waals surface area contributed by atoms with Gasteiger partial charge in [0.1, 0.15) is 5.69 Å². The Morgan fingerprint density at radius 3 is 2.79 bits per heavy atom. The van der Waals surface area contributed by atoms with E-state index in [-0.39, 0.29) is 25.0 Å². The first-order chi connectivity index (χ1) is 9.08. The molecule has 3 N–H and O–H groups in total. The highest BCUT2D eigenvalue weighted by Gasteiger charge is 2.13. The highest BCUT2D eigenvalue weighted by atomic mass is 16.3. The molecule has 7 nitrogen and oxygen atoms in total. The topological polar surface area (TPSA) is 96.2 Å². The van der Waals surface area contributed by atoms with Crippen molar-refractivity contribution >= 4 is 11.8 Å². The van der Waals surface area contributed by atoms with E-state index in [4.69, 9.17) is 5.11 Å². The zero-order chi connectivity index (χ0) is 14.3. The van der Waals surface area contributed by atoms with Gasteiger partial charge in [-0.2, -0.15) is 5.10 Å². The Labute approximate surface area is 112 Å². The molecule has 0 aromatic carbocycles. The summed E-state index contributed by atoms with van der Waals surface area (Å²) in [5.74, 6) is -0.596. The van der Waals surface area contributed by atoms with E-state index < -0.39 is 0 Å². The van der Waals surface area contributed by atoms with E-state index in [2.05, 4.69) is 15.7 Å². The van der Waals surface area contributed by atoms with Gasteiger partial charge in [-0.1, -0.05) is 0 Å². The summed E-state index contributed by atoms with van der Waals surface area (Å²) in [6.07, 6.45) is 0.501. The molecular formula is C12H20N4O3. The van der Waals surface area contributed by atoms with Crippen molar-refractivity contribution in [3.63, 3.8) is 0 Å². The third-order valence-electron chi connectivity index (χ3n) is 2.50. The molecule has 0 aliphatic rings. The number of aliphatic hydroxyl groups excluding tert-OH is 1.